The van der Waals surface area contributed by atoms with Crippen LogP contribution in [0, 0.1) is 0 Å². The van der Waals surface area contributed by atoms with Gasteiger partial charge in [-0.2, -0.15) is 0 Å². The molecule has 1 aliphatic rings. The van der Waals surface area contributed by atoms with Gasteiger partial charge in [-0.25, -0.2) is 0 Å². The topological polar surface area (TPSA) is 9.86 Å². The van der Waals surface area contributed by atoms with E-state index in [-0.39, 0.29) is 5.92 Å². The van der Waals surface area contributed by atoms with Crippen LogP contribution in [0.4, 0.5) is 0 Å². The molecule has 2 heteroatoms. The maximum absolute atomic E-state index is 2.48. The molecular formula is C35H32N2. The molecule has 7 rings (SSSR count). The molecule has 182 valence electrons. The molecule has 0 spiro atoms. The molecule has 6 aromatic rings. The van der Waals surface area contributed by atoms with Crippen LogP contribution >= 0.6 is 0 Å². The Bertz CT molecular complexity index is 1800. The Labute approximate surface area is 218 Å². The SMILES string of the molecule is CCn1c2c(c3cc(C(c4ccccc4)c4ccc5c(c4)c4ccccc4n5CC)ccc31)CCC=C2. The van der Waals surface area contributed by atoms with Gasteiger partial charge in [0.05, 0.1) is 0 Å². The zero-order valence-corrected chi connectivity index (χ0v) is 21.6. The summed E-state index contributed by atoms with van der Waals surface area (Å²) in [4.78, 5) is 0. The third kappa shape index (κ3) is 3.39. The van der Waals surface area contributed by atoms with Crippen molar-refractivity contribution in [1.82, 2.24) is 9.13 Å². The maximum Gasteiger partial charge on any atom is 0.0491 e. The summed E-state index contributed by atoms with van der Waals surface area (Å²) in [7, 11) is 0. The first kappa shape index (κ1) is 22.2. The lowest BCUT2D eigenvalue weighted by Gasteiger charge is -2.20. The van der Waals surface area contributed by atoms with Crippen LogP contribution in [0.1, 0.15) is 54.1 Å². The van der Waals surface area contributed by atoms with E-state index in [2.05, 4.69) is 126 Å². The molecule has 0 saturated heterocycles. The van der Waals surface area contributed by atoms with Crippen molar-refractivity contribution in [1.29, 1.82) is 0 Å². The number of hydrogen-bond acceptors (Lipinski definition) is 0. The monoisotopic (exact) mass is 480 g/mol. The summed E-state index contributed by atoms with van der Waals surface area (Å²) in [6.45, 7) is 6.46. The summed E-state index contributed by atoms with van der Waals surface area (Å²) in [5.41, 5.74) is 10.9. The Morgan fingerprint density at radius 2 is 1.27 bits per heavy atom. The second-order valence-corrected chi connectivity index (χ2v) is 10.2. The van der Waals surface area contributed by atoms with Crippen LogP contribution < -0.4 is 0 Å². The first-order chi connectivity index (χ1) is 18.3. The molecule has 4 aromatic carbocycles. The van der Waals surface area contributed by atoms with Crippen LogP contribution in [-0.4, -0.2) is 9.13 Å². The van der Waals surface area contributed by atoms with E-state index in [1.54, 1.807) is 0 Å². The number of aryl methyl sites for hydroxylation is 3. The molecule has 1 atom stereocenters. The van der Waals surface area contributed by atoms with Crippen LogP contribution in [0.3, 0.4) is 0 Å². The molecule has 37 heavy (non-hydrogen) atoms. The van der Waals surface area contributed by atoms with Gasteiger partial charge in [0.1, 0.15) is 0 Å². The Morgan fingerprint density at radius 3 is 2.03 bits per heavy atom. The second kappa shape index (κ2) is 8.81. The summed E-state index contributed by atoms with van der Waals surface area (Å²) in [5, 5.41) is 4.10. The van der Waals surface area contributed by atoms with Gasteiger partial charge in [-0.3, -0.25) is 0 Å². The second-order valence-electron chi connectivity index (χ2n) is 10.2. The highest BCUT2D eigenvalue weighted by Gasteiger charge is 2.22. The summed E-state index contributed by atoms with van der Waals surface area (Å²) < 4.78 is 4.92. The van der Waals surface area contributed by atoms with Gasteiger partial charge in [0.2, 0.25) is 0 Å². The van der Waals surface area contributed by atoms with Crippen molar-refractivity contribution in [2.24, 2.45) is 0 Å². The lowest BCUT2D eigenvalue weighted by Crippen LogP contribution is -2.04. The lowest BCUT2D eigenvalue weighted by atomic mass is 9.84. The summed E-state index contributed by atoms with van der Waals surface area (Å²) in [6.07, 6.45) is 6.90. The highest BCUT2D eigenvalue weighted by molar-refractivity contribution is 6.08. The Morgan fingerprint density at radius 1 is 0.622 bits per heavy atom. The van der Waals surface area contributed by atoms with Crippen molar-refractivity contribution >= 4 is 38.8 Å². The molecule has 0 radical (unpaired) electrons. The fourth-order valence-corrected chi connectivity index (χ4v) is 6.67. The van der Waals surface area contributed by atoms with Gasteiger partial charge in [-0.05, 0) is 85.4 Å². The number of rotatable bonds is 5. The molecule has 2 aromatic heterocycles. The van der Waals surface area contributed by atoms with Gasteiger partial charge in [-0.1, -0.05) is 66.7 Å². The van der Waals surface area contributed by atoms with Gasteiger partial charge >= 0.3 is 0 Å². The fourth-order valence-electron chi connectivity index (χ4n) is 6.67. The smallest absolute Gasteiger partial charge is 0.0491 e. The van der Waals surface area contributed by atoms with E-state index in [0.717, 1.165) is 25.9 Å². The Balaban J connectivity index is 1.47. The number of para-hydroxylation sites is 1. The van der Waals surface area contributed by atoms with Gasteiger partial charge in [0.15, 0.2) is 0 Å². The normalized spacial score (nSPS) is 14.0. The van der Waals surface area contributed by atoms with Crippen LogP contribution in [0.15, 0.2) is 97.1 Å². The van der Waals surface area contributed by atoms with Crippen LogP contribution in [0.25, 0.3) is 38.8 Å². The number of aromatic nitrogens is 2. The van der Waals surface area contributed by atoms with Crippen molar-refractivity contribution in [2.75, 3.05) is 0 Å². The zero-order valence-electron chi connectivity index (χ0n) is 21.6. The van der Waals surface area contributed by atoms with Crippen LogP contribution in [0.5, 0.6) is 0 Å². The number of allylic oxidation sites excluding steroid dienone is 1. The molecule has 0 N–H and O–H groups in total. The van der Waals surface area contributed by atoms with Crippen molar-refractivity contribution in [3.8, 4) is 0 Å². The van der Waals surface area contributed by atoms with Gasteiger partial charge in [0, 0.05) is 57.4 Å². The number of hydrogen-bond donors (Lipinski definition) is 0. The number of fused-ring (bicyclic) bond motifs is 6. The molecule has 2 heterocycles. The number of benzene rings is 4. The lowest BCUT2D eigenvalue weighted by molar-refractivity contribution is 0.778. The van der Waals surface area contributed by atoms with E-state index in [1.807, 2.05) is 0 Å². The maximum atomic E-state index is 2.48. The minimum atomic E-state index is 0.179. The average molecular weight is 481 g/mol. The zero-order chi connectivity index (χ0) is 24.9. The predicted octanol–water partition coefficient (Wildman–Crippen LogP) is 8.93. The molecule has 1 unspecified atom stereocenters. The Kier molecular flexibility index (Phi) is 5.28. The van der Waals surface area contributed by atoms with E-state index in [0.29, 0.717) is 0 Å². The molecule has 1 aliphatic carbocycles. The van der Waals surface area contributed by atoms with E-state index in [9.17, 15) is 0 Å². The molecular weight excluding hydrogens is 448 g/mol. The Hall–Kier alpha value is -4.04. The van der Waals surface area contributed by atoms with Gasteiger partial charge in [-0.15, -0.1) is 0 Å². The van der Waals surface area contributed by atoms with E-state index in [4.69, 9.17) is 0 Å². The summed E-state index contributed by atoms with van der Waals surface area (Å²) in [6, 6.07) is 34.2. The molecule has 0 aliphatic heterocycles. The van der Waals surface area contributed by atoms with Crippen molar-refractivity contribution in [3.63, 3.8) is 0 Å². The largest absolute Gasteiger partial charge is 0.341 e. The predicted molar refractivity (Wildman–Crippen MR) is 157 cm³/mol. The summed E-state index contributed by atoms with van der Waals surface area (Å²) in [5.74, 6) is 0.179. The van der Waals surface area contributed by atoms with Gasteiger partial charge < -0.3 is 9.13 Å². The molecule has 0 fully saturated rings. The first-order valence-corrected chi connectivity index (χ1v) is 13.7. The minimum absolute atomic E-state index is 0.179. The van der Waals surface area contributed by atoms with E-state index in [1.165, 1.54) is 60.7 Å². The average Bonchev–Trinajstić information content (AvgIpc) is 3.45. The first-order valence-electron chi connectivity index (χ1n) is 13.7. The highest BCUT2D eigenvalue weighted by Crippen LogP contribution is 2.39. The van der Waals surface area contributed by atoms with E-state index >= 15 is 0 Å². The van der Waals surface area contributed by atoms with Crippen LogP contribution in [0.2, 0.25) is 0 Å². The fraction of sp³-hybridized carbons (Fsp3) is 0.200. The molecule has 0 amide bonds. The van der Waals surface area contributed by atoms with Crippen molar-refractivity contribution in [3.05, 3.63) is 125 Å². The quantitative estimate of drug-likeness (QED) is 0.218. The molecule has 0 bridgehead atoms. The van der Waals surface area contributed by atoms with Crippen molar-refractivity contribution < 1.29 is 0 Å². The summed E-state index contributed by atoms with van der Waals surface area (Å²) >= 11 is 0. The van der Waals surface area contributed by atoms with Crippen LogP contribution in [-0.2, 0) is 19.5 Å². The van der Waals surface area contributed by atoms with Gasteiger partial charge in [0.25, 0.3) is 0 Å². The minimum Gasteiger partial charge on any atom is -0.341 e. The van der Waals surface area contributed by atoms with E-state index < -0.39 is 0 Å². The third-order valence-corrected chi connectivity index (χ3v) is 8.30. The standard InChI is InChI=1S/C35H32N2/c1-3-36-31-16-10-8-14-27(31)29-22-25(18-20-33(29)36)35(24-12-6-5-7-13-24)26-19-21-34-30(23-26)28-15-9-11-17-32(28)37(34)4-2/h5-8,10-14,16-23,35H,3-4,9,15H2,1-2H3. The highest BCUT2D eigenvalue weighted by atomic mass is 15.0. The number of nitrogens with zero attached hydrogens (tertiary/aromatic N) is 2. The molecule has 2 nitrogen and oxygen atoms in total. The third-order valence-electron chi connectivity index (χ3n) is 8.30. The molecule has 0 saturated carbocycles. The van der Waals surface area contributed by atoms with Crippen molar-refractivity contribution in [2.45, 2.75) is 45.7 Å².